The van der Waals surface area contributed by atoms with Crippen LogP contribution >= 0.6 is 0 Å². The molecule has 0 amide bonds. The Hall–Kier alpha value is -1.96. The highest BCUT2D eigenvalue weighted by Gasteiger charge is 2.11. The lowest BCUT2D eigenvalue weighted by molar-refractivity contribution is 0.408. The molecule has 21 heavy (non-hydrogen) atoms. The van der Waals surface area contributed by atoms with Gasteiger partial charge in [-0.3, -0.25) is 0 Å². The maximum atomic E-state index is 5.47. The third kappa shape index (κ3) is 3.78. The summed E-state index contributed by atoms with van der Waals surface area (Å²) >= 11 is 0. The van der Waals surface area contributed by atoms with Crippen LogP contribution in [0.2, 0.25) is 0 Å². The molecule has 2 aromatic carbocycles. The molecule has 1 atom stereocenters. The van der Waals surface area contributed by atoms with E-state index in [1.165, 1.54) is 16.7 Å². The van der Waals surface area contributed by atoms with Crippen molar-refractivity contribution in [2.75, 3.05) is 12.4 Å². The number of hydrogen-bond acceptors (Lipinski definition) is 2. The first kappa shape index (κ1) is 15.4. The third-order valence-corrected chi connectivity index (χ3v) is 3.81. The maximum Gasteiger partial charge on any atom is 0.124 e. The molecule has 2 nitrogen and oxygen atoms in total. The average molecular weight is 283 g/mol. The number of aryl methyl sites for hydroxylation is 1. The van der Waals surface area contributed by atoms with Crippen molar-refractivity contribution < 1.29 is 4.74 Å². The van der Waals surface area contributed by atoms with Crippen molar-refractivity contribution in [1.82, 2.24) is 0 Å². The second-order valence-corrected chi connectivity index (χ2v) is 5.89. The molecule has 0 fully saturated rings. The third-order valence-electron chi connectivity index (χ3n) is 3.81. The molecule has 0 aliphatic carbocycles. The van der Waals surface area contributed by atoms with E-state index >= 15 is 0 Å². The van der Waals surface area contributed by atoms with Crippen LogP contribution < -0.4 is 10.1 Å². The van der Waals surface area contributed by atoms with Gasteiger partial charge in [0.15, 0.2) is 0 Å². The Balaban J connectivity index is 2.17. The Morgan fingerprint density at radius 2 is 1.62 bits per heavy atom. The Kier molecular flexibility index (Phi) is 4.89. The van der Waals surface area contributed by atoms with E-state index in [1.54, 1.807) is 7.11 Å². The van der Waals surface area contributed by atoms with E-state index in [4.69, 9.17) is 4.74 Å². The summed E-state index contributed by atoms with van der Waals surface area (Å²) in [6, 6.07) is 15.2. The minimum absolute atomic E-state index is 0.199. The zero-order chi connectivity index (χ0) is 15.4. The predicted octanol–water partition coefficient (Wildman–Crippen LogP) is 5.30. The van der Waals surface area contributed by atoms with E-state index in [1.807, 2.05) is 6.07 Å². The van der Waals surface area contributed by atoms with Gasteiger partial charge in [-0.1, -0.05) is 43.7 Å². The van der Waals surface area contributed by atoms with Crippen LogP contribution in [0.4, 0.5) is 5.69 Å². The van der Waals surface area contributed by atoms with Gasteiger partial charge in [0.05, 0.1) is 13.2 Å². The first-order chi connectivity index (χ1) is 10.0. The summed E-state index contributed by atoms with van der Waals surface area (Å²) in [5.74, 6) is 1.49. The summed E-state index contributed by atoms with van der Waals surface area (Å²) in [6.07, 6.45) is 0. The van der Waals surface area contributed by atoms with Crippen molar-refractivity contribution in [2.45, 2.75) is 39.7 Å². The quantitative estimate of drug-likeness (QED) is 0.804. The lowest BCUT2D eigenvalue weighted by Gasteiger charge is -2.19. The van der Waals surface area contributed by atoms with Crippen LogP contribution in [0.15, 0.2) is 42.5 Å². The largest absolute Gasteiger partial charge is 0.496 e. The molecule has 0 aliphatic heterocycles. The van der Waals surface area contributed by atoms with Gasteiger partial charge < -0.3 is 10.1 Å². The molecule has 0 radical (unpaired) electrons. The highest BCUT2D eigenvalue weighted by atomic mass is 16.5. The lowest BCUT2D eigenvalue weighted by Crippen LogP contribution is -2.08. The molecule has 0 saturated carbocycles. The Morgan fingerprint density at radius 1 is 0.952 bits per heavy atom. The fraction of sp³-hybridized carbons (Fsp3) is 0.368. The van der Waals surface area contributed by atoms with Gasteiger partial charge in [0.1, 0.15) is 5.75 Å². The van der Waals surface area contributed by atoms with Gasteiger partial charge in [-0.15, -0.1) is 0 Å². The number of anilines is 1. The van der Waals surface area contributed by atoms with E-state index in [-0.39, 0.29) is 6.04 Å². The zero-order valence-corrected chi connectivity index (χ0v) is 13.6. The molecular formula is C19H25NO. The van der Waals surface area contributed by atoms with Gasteiger partial charge in [0.25, 0.3) is 0 Å². The van der Waals surface area contributed by atoms with Crippen molar-refractivity contribution in [2.24, 2.45) is 0 Å². The second-order valence-electron chi connectivity index (χ2n) is 5.89. The number of hydrogen-bond donors (Lipinski definition) is 1. The van der Waals surface area contributed by atoms with Crippen molar-refractivity contribution in [3.05, 3.63) is 59.2 Å². The monoisotopic (exact) mass is 283 g/mol. The minimum atomic E-state index is 0.199. The fourth-order valence-electron chi connectivity index (χ4n) is 2.48. The summed E-state index contributed by atoms with van der Waals surface area (Å²) in [6.45, 7) is 8.69. The van der Waals surface area contributed by atoms with Gasteiger partial charge in [-0.05, 0) is 43.5 Å². The Bertz CT molecular complexity index is 587. The molecule has 1 unspecified atom stereocenters. The summed E-state index contributed by atoms with van der Waals surface area (Å²) < 4.78 is 5.47. The molecule has 0 saturated heterocycles. The molecule has 2 rings (SSSR count). The van der Waals surface area contributed by atoms with Gasteiger partial charge >= 0.3 is 0 Å². The predicted molar refractivity (Wildman–Crippen MR) is 90.3 cm³/mol. The second kappa shape index (κ2) is 6.66. The standard InChI is InChI=1S/C19H25NO/c1-13(2)16-7-9-17(10-8-16)20-15(4)18-12-14(3)6-11-19(18)21-5/h6-13,15,20H,1-5H3. The number of nitrogens with one attached hydrogen (secondary N) is 1. The molecule has 0 heterocycles. The molecule has 0 spiro atoms. The number of benzene rings is 2. The van der Waals surface area contributed by atoms with Gasteiger partial charge in [0.2, 0.25) is 0 Å². The van der Waals surface area contributed by atoms with E-state index in [0.29, 0.717) is 5.92 Å². The average Bonchev–Trinajstić information content (AvgIpc) is 2.47. The molecule has 0 bridgehead atoms. The SMILES string of the molecule is COc1ccc(C)cc1C(C)Nc1ccc(C(C)C)cc1. The van der Waals surface area contributed by atoms with Crippen LogP contribution in [0, 0.1) is 6.92 Å². The highest BCUT2D eigenvalue weighted by molar-refractivity contribution is 5.49. The first-order valence-corrected chi connectivity index (χ1v) is 7.52. The number of ether oxygens (including phenoxy) is 1. The Labute approximate surface area is 128 Å². The smallest absolute Gasteiger partial charge is 0.124 e. The normalized spacial score (nSPS) is 12.3. The number of methoxy groups -OCH3 is 1. The Morgan fingerprint density at radius 3 is 2.19 bits per heavy atom. The summed E-state index contributed by atoms with van der Waals surface area (Å²) in [5, 5.41) is 3.55. The van der Waals surface area contributed by atoms with Crippen LogP contribution in [0.1, 0.15) is 49.4 Å². The van der Waals surface area contributed by atoms with Crippen molar-refractivity contribution in [1.29, 1.82) is 0 Å². The zero-order valence-electron chi connectivity index (χ0n) is 13.6. The fourth-order valence-corrected chi connectivity index (χ4v) is 2.48. The van der Waals surface area contributed by atoms with E-state index in [9.17, 15) is 0 Å². The van der Waals surface area contributed by atoms with Crippen LogP contribution in [0.5, 0.6) is 5.75 Å². The van der Waals surface area contributed by atoms with Crippen LogP contribution in [-0.2, 0) is 0 Å². The van der Waals surface area contributed by atoms with Crippen molar-refractivity contribution in [3.63, 3.8) is 0 Å². The topological polar surface area (TPSA) is 21.3 Å². The van der Waals surface area contributed by atoms with Crippen molar-refractivity contribution >= 4 is 5.69 Å². The molecule has 2 aromatic rings. The molecule has 2 heteroatoms. The lowest BCUT2D eigenvalue weighted by atomic mass is 10.0. The molecule has 0 aromatic heterocycles. The molecule has 0 aliphatic rings. The molecule has 112 valence electrons. The van der Waals surface area contributed by atoms with Gasteiger partial charge in [0, 0.05) is 11.3 Å². The summed E-state index contributed by atoms with van der Waals surface area (Å²) in [7, 11) is 1.72. The summed E-state index contributed by atoms with van der Waals surface area (Å²) in [5.41, 5.74) is 4.93. The maximum absolute atomic E-state index is 5.47. The van der Waals surface area contributed by atoms with E-state index < -0.39 is 0 Å². The van der Waals surface area contributed by atoms with E-state index in [0.717, 1.165) is 11.4 Å². The van der Waals surface area contributed by atoms with Gasteiger partial charge in [-0.2, -0.15) is 0 Å². The van der Waals surface area contributed by atoms with E-state index in [2.05, 4.69) is 69.4 Å². The van der Waals surface area contributed by atoms with Crippen molar-refractivity contribution in [3.8, 4) is 5.75 Å². The van der Waals surface area contributed by atoms with Crippen LogP contribution in [0.3, 0.4) is 0 Å². The molecular weight excluding hydrogens is 258 g/mol. The first-order valence-electron chi connectivity index (χ1n) is 7.52. The van der Waals surface area contributed by atoms with Crippen LogP contribution in [0.25, 0.3) is 0 Å². The molecule has 1 N–H and O–H groups in total. The number of rotatable bonds is 5. The highest BCUT2D eigenvalue weighted by Crippen LogP contribution is 2.29. The summed E-state index contributed by atoms with van der Waals surface area (Å²) in [4.78, 5) is 0. The minimum Gasteiger partial charge on any atom is -0.496 e. The van der Waals surface area contributed by atoms with Gasteiger partial charge in [-0.25, -0.2) is 0 Å². The van der Waals surface area contributed by atoms with Crippen LogP contribution in [-0.4, -0.2) is 7.11 Å².